The van der Waals surface area contributed by atoms with Crippen molar-refractivity contribution in [3.8, 4) is 5.75 Å². The number of carbonyl (C=O) groups is 1. The standard InChI is InChI=1S/C19H18FNO3/c1-13(10-15-11-14-6-2-4-8-17(14)24-15)21-19(22)12-23-18-9-5-3-7-16(18)20/h2-9,11,13H,10,12H2,1H3,(H,21,22)/t13-/m0/s1. The molecule has 0 aliphatic heterocycles. The van der Waals surface area contributed by atoms with Crippen LogP contribution in [0.1, 0.15) is 12.7 Å². The van der Waals surface area contributed by atoms with Gasteiger partial charge in [-0.05, 0) is 31.2 Å². The molecule has 3 aromatic rings. The van der Waals surface area contributed by atoms with E-state index in [1.54, 1.807) is 12.1 Å². The van der Waals surface area contributed by atoms with Crippen LogP contribution in [-0.4, -0.2) is 18.6 Å². The largest absolute Gasteiger partial charge is 0.481 e. The molecule has 0 spiro atoms. The number of furan rings is 1. The highest BCUT2D eigenvalue weighted by molar-refractivity contribution is 5.78. The molecule has 1 N–H and O–H groups in total. The fourth-order valence-corrected chi connectivity index (χ4v) is 2.51. The maximum atomic E-state index is 13.4. The number of hydrogen-bond acceptors (Lipinski definition) is 3. The molecular formula is C19H18FNO3. The molecule has 0 bridgehead atoms. The molecule has 1 atom stereocenters. The molecule has 0 fully saturated rings. The summed E-state index contributed by atoms with van der Waals surface area (Å²) >= 11 is 0. The van der Waals surface area contributed by atoms with Crippen molar-refractivity contribution >= 4 is 16.9 Å². The monoisotopic (exact) mass is 327 g/mol. The van der Waals surface area contributed by atoms with Gasteiger partial charge in [0.25, 0.3) is 5.91 Å². The van der Waals surface area contributed by atoms with Crippen LogP contribution in [0.15, 0.2) is 59.0 Å². The summed E-state index contributed by atoms with van der Waals surface area (Å²) in [6.45, 7) is 1.65. The molecule has 124 valence electrons. The van der Waals surface area contributed by atoms with Crippen LogP contribution in [0.25, 0.3) is 11.0 Å². The van der Waals surface area contributed by atoms with Crippen LogP contribution in [-0.2, 0) is 11.2 Å². The lowest BCUT2D eigenvalue weighted by atomic mass is 10.2. The molecule has 0 unspecified atom stereocenters. The quantitative estimate of drug-likeness (QED) is 0.751. The van der Waals surface area contributed by atoms with Crippen molar-refractivity contribution in [1.82, 2.24) is 5.32 Å². The molecule has 24 heavy (non-hydrogen) atoms. The molecule has 0 aliphatic carbocycles. The predicted molar refractivity (Wildman–Crippen MR) is 89.4 cm³/mol. The van der Waals surface area contributed by atoms with Gasteiger partial charge in [0.2, 0.25) is 0 Å². The van der Waals surface area contributed by atoms with E-state index in [4.69, 9.17) is 9.15 Å². The summed E-state index contributed by atoms with van der Waals surface area (Å²) in [5.41, 5.74) is 0.828. The number of benzene rings is 2. The number of carbonyl (C=O) groups excluding carboxylic acids is 1. The average Bonchev–Trinajstić information content (AvgIpc) is 2.96. The van der Waals surface area contributed by atoms with Gasteiger partial charge < -0.3 is 14.5 Å². The lowest BCUT2D eigenvalue weighted by molar-refractivity contribution is -0.123. The van der Waals surface area contributed by atoms with Gasteiger partial charge in [0, 0.05) is 17.8 Å². The summed E-state index contributed by atoms with van der Waals surface area (Å²) in [6.07, 6.45) is 0.570. The first-order chi connectivity index (χ1) is 11.6. The fraction of sp³-hybridized carbons (Fsp3) is 0.211. The summed E-state index contributed by atoms with van der Waals surface area (Å²) in [5, 5.41) is 3.85. The number of hydrogen-bond donors (Lipinski definition) is 1. The molecule has 0 saturated carbocycles. The van der Waals surface area contributed by atoms with Crippen molar-refractivity contribution in [2.24, 2.45) is 0 Å². The molecule has 0 saturated heterocycles. The molecule has 1 aromatic heterocycles. The van der Waals surface area contributed by atoms with Crippen LogP contribution in [0.3, 0.4) is 0 Å². The second-order valence-corrected chi connectivity index (χ2v) is 5.64. The van der Waals surface area contributed by atoms with E-state index in [2.05, 4.69) is 5.32 Å². The minimum Gasteiger partial charge on any atom is -0.481 e. The van der Waals surface area contributed by atoms with Crippen LogP contribution in [0, 0.1) is 5.82 Å². The van der Waals surface area contributed by atoms with Gasteiger partial charge in [0.1, 0.15) is 11.3 Å². The third kappa shape index (κ3) is 3.93. The van der Waals surface area contributed by atoms with E-state index < -0.39 is 5.82 Å². The zero-order valence-electron chi connectivity index (χ0n) is 13.3. The Morgan fingerprint density at radius 1 is 1.21 bits per heavy atom. The Balaban J connectivity index is 1.51. The highest BCUT2D eigenvalue weighted by atomic mass is 19.1. The Morgan fingerprint density at radius 2 is 1.96 bits per heavy atom. The highest BCUT2D eigenvalue weighted by Crippen LogP contribution is 2.20. The maximum Gasteiger partial charge on any atom is 0.258 e. The third-order valence-electron chi connectivity index (χ3n) is 3.59. The Labute approximate surface area is 139 Å². The van der Waals surface area contributed by atoms with Gasteiger partial charge in [0.05, 0.1) is 0 Å². The van der Waals surface area contributed by atoms with E-state index in [1.165, 1.54) is 12.1 Å². The van der Waals surface area contributed by atoms with Crippen LogP contribution in [0.2, 0.25) is 0 Å². The predicted octanol–water partition coefficient (Wildman–Crippen LogP) is 3.70. The van der Waals surface area contributed by atoms with E-state index in [0.29, 0.717) is 6.42 Å². The molecule has 2 aromatic carbocycles. The van der Waals surface area contributed by atoms with E-state index >= 15 is 0 Å². The van der Waals surface area contributed by atoms with Crippen molar-refractivity contribution in [3.05, 3.63) is 66.2 Å². The summed E-state index contributed by atoms with van der Waals surface area (Å²) in [5.74, 6) is 0.0825. The van der Waals surface area contributed by atoms with Crippen molar-refractivity contribution in [2.75, 3.05) is 6.61 Å². The molecule has 0 radical (unpaired) electrons. The fourth-order valence-electron chi connectivity index (χ4n) is 2.51. The number of para-hydroxylation sites is 2. The van der Waals surface area contributed by atoms with Gasteiger partial charge in [-0.2, -0.15) is 0 Å². The zero-order valence-corrected chi connectivity index (χ0v) is 13.3. The number of nitrogens with one attached hydrogen (secondary N) is 1. The minimum atomic E-state index is -0.486. The average molecular weight is 327 g/mol. The van der Waals surface area contributed by atoms with Crippen LogP contribution in [0.5, 0.6) is 5.75 Å². The van der Waals surface area contributed by atoms with E-state index in [9.17, 15) is 9.18 Å². The van der Waals surface area contributed by atoms with E-state index in [0.717, 1.165) is 16.7 Å². The van der Waals surface area contributed by atoms with Crippen molar-refractivity contribution in [3.63, 3.8) is 0 Å². The second kappa shape index (κ2) is 7.17. The number of amides is 1. The van der Waals surface area contributed by atoms with Crippen molar-refractivity contribution in [2.45, 2.75) is 19.4 Å². The molecular weight excluding hydrogens is 309 g/mol. The van der Waals surface area contributed by atoms with Gasteiger partial charge >= 0.3 is 0 Å². The Hall–Kier alpha value is -2.82. The highest BCUT2D eigenvalue weighted by Gasteiger charge is 2.12. The SMILES string of the molecule is C[C@@H](Cc1cc2ccccc2o1)NC(=O)COc1ccccc1F. The van der Waals surface area contributed by atoms with Gasteiger partial charge in [-0.1, -0.05) is 30.3 Å². The van der Waals surface area contributed by atoms with Crippen molar-refractivity contribution < 1.29 is 18.3 Å². The number of fused-ring (bicyclic) bond motifs is 1. The molecule has 5 heteroatoms. The lowest BCUT2D eigenvalue weighted by Gasteiger charge is -2.13. The summed E-state index contributed by atoms with van der Waals surface area (Å²) < 4.78 is 24.3. The topological polar surface area (TPSA) is 51.5 Å². The number of rotatable bonds is 6. The van der Waals surface area contributed by atoms with Crippen LogP contribution < -0.4 is 10.1 Å². The first kappa shape index (κ1) is 16.1. The normalized spacial score (nSPS) is 12.1. The van der Waals surface area contributed by atoms with E-state index in [1.807, 2.05) is 37.3 Å². The molecule has 0 aliphatic rings. The van der Waals surface area contributed by atoms with Gasteiger partial charge in [0.15, 0.2) is 18.2 Å². The summed E-state index contributed by atoms with van der Waals surface area (Å²) in [7, 11) is 0. The molecule has 1 amide bonds. The Bertz CT molecular complexity index is 810. The number of ether oxygens (including phenoxy) is 1. The maximum absolute atomic E-state index is 13.4. The summed E-state index contributed by atoms with van der Waals surface area (Å²) in [4.78, 5) is 11.9. The van der Waals surface area contributed by atoms with Gasteiger partial charge in [-0.15, -0.1) is 0 Å². The van der Waals surface area contributed by atoms with Crippen molar-refractivity contribution in [1.29, 1.82) is 0 Å². The third-order valence-corrected chi connectivity index (χ3v) is 3.59. The second-order valence-electron chi connectivity index (χ2n) is 5.64. The Morgan fingerprint density at radius 3 is 2.75 bits per heavy atom. The molecule has 4 nitrogen and oxygen atoms in total. The zero-order chi connectivity index (χ0) is 16.9. The smallest absolute Gasteiger partial charge is 0.258 e. The molecule has 3 rings (SSSR count). The van der Waals surface area contributed by atoms with E-state index in [-0.39, 0.29) is 24.3 Å². The minimum absolute atomic E-state index is 0.0672. The van der Waals surface area contributed by atoms with Gasteiger partial charge in [-0.25, -0.2) is 4.39 Å². The van der Waals surface area contributed by atoms with Crippen LogP contribution >= 0.6 is 0 Å². The summed E-state index contributed by atoms with van der Waals surface area (Å²) in [6, 6.07) is 15.6. The molecule has 1 heterocycles. The van der Waals surface area contributed by atoms with Gasteiger partial charge in [-0.3, -0.25) is 4.79 Å². The first-order valence-electron chi connectivity index (χ1n) is 7.76. The van der Waals surface area contributed by atoms with Crippen LogP contribution in [0.4, 0.5) is 4.39 Å². The first-order valence-corrected chi connectivity index (χ1v) is 7.76. The number of halogens is 1. The Kier molecular flexibility index (Phi) is 4.79. The lowest BCUT2D eigenvalue weighted by Crippen LogP contribution is -2.37.